The SMILES string of the molecule is N#Cc1ccsc1NC(=O)COC(=O)c1cccc(O)c1. The third kappa shape index (κ3) is 3.81. The molecular weight excluding hydrogens is 292 g/mol. The van der Waals surface area contributed by atoms with Gasteiger partial charge in [0.05, 0.1) is 11.1 Å². The summed E-state index contributed by atoms with van der Waals surface area (Å²) in [6, 6.07) is 9.15. The average molecular weight is 302 g/mol. The van der Waals surface area contributed by atoms with Crippen LogP contribution in [0.15, 0.2) is 35.7 Å². The van der Waals surface area contributed by atoms with E-state index in [-0.39, 0.29) is 11.3 Å². The summed E-state index contributed by atoms with van der Waals surface area (Å²) in [6.45, 7) is -0.475. The molecule has 1 heterocycles. The van der Waals surface area contributed by atoms with Gasteiger partial charge < -0.3 is 15.2 Å². The topological polar surface area (TPSA) is 99.4 Å². The van der Waals surface area contributed by atoms with Crippen LogP contribution in [0.2, 0.25) is 0 Å². The third-order valence-electron chi connectivity index (χ3n) is 2.45. The van der Waals surface area contributed by atoms with Gasteiger partial charge in [-0.3, -0.25) is 4.79 Å². The monoisotopic (exact) mass is 302 g/mol. The molecule has 0 unspecified atom stereocenters. The second kappa shape index (κ2) is 6.54. The molecule has 0 spiro atoms. The van der Waals surface area contributed by atoms with Crippen LogP contribution in [0.5, 0.6) is 5.75 Å². The Labute approximate surface area is 124 Å². The van der Waals surface area contributed by atoms with Crippen molar-refractivity contribution in [3.05, 3.63) is 46.8 Å². The zero-order valence-electron chi connectivity index (χ0n) is 10.7. The molecule has 1 aromatic carbocycles. The highest BCUT2D eigenvalue weighted by atomic mass is 32.1. The minimum Gasteiger partial charge on any atom is -0.508 e. The number of hydrogen-bond donors (Lipinski definition) is 2. The number of nitriles is 1. The lowest BCUT2D eigenvalue weighted by atomic mass is 10.2. The number of nitrogens with one attached hydrogen (secondary N) is 1. The van der Waals surface area contributed by atoms with Crippen molar-refractivity contribution in [3.63, 3.8) is 0 Å². The Bertz CT molecular complexity index is 718. The number of amides is 1. The predicted molar refractivity (Wildman–Crippen MR) is 76.1 cm³/mol. The molecule has 2 N–H and O–H groups in total. The van der Waals surface area contributed by atoms with Crippen molar-refractivity contribution in [2.75, 3.05) is 11.9 Å². The number of phenols is 1. The lowest BCUT2D eigenvalue weighted by Gasteiger charge is -2.05. The molecule has 0 saturated heterocycles. The molecule has 2 rings (SSSR count). The van der Waals surface area contributed by atoms with E-state index in [4.69, 9.17) is 10.00 Å². The molecule has 2 aromatic rings. The molecule has 0 radical (unpaired) electrons. The van der Waals surface area contributed by atoms with Crippen molar-refractivity contribution in [1.82, 2.24) is 0 Å². The van der Waals surface area contributed by atoms with E-state index < -0.39 is 18.5 Å². The number of aromatic hydroxyl groups is 1. The summed E-state index contributed by atoms with van der Waals surface area (Å²) in [5.41, 5.74) is 0.504. The molecular formula is C14H10N2O4S. The van der Waals surface area contributed by atoms with Gasteiger partial charge in [0.15, 0.2) is 6.61 Å². The van der Waals surface area contributed by atoms with Crippen molar-refractivity contribution >= 4 is 28.2 Å². The summed E-state index contributed by atoms with van der Waals surface area (Å²) >= 11 is 1.21. The molecule has 106 valence electrons. The zero-order chi connectivity index (χ0) is 15.2. The maximum absolute atomic E-state index is 11.7. The first-order valence-corrected chi connectivity index (χ1v) is 6.71. The van der Waals surface area contributed by atoms with Crippen LogP contribution in [0, 0.1) is 11.3 Å². The van der Waals surface area contributed by atoms with Crippen molar-refractivity contribution in [1.29, 1.82) is 5.26 Å². The fourth-order valence-corrected chi connectivity index (χ4v) is 2.26. The standard InChI is InChI=1S/C14H10N2O4S/c15-7-10-4-5-21-13(10)16-12(18)8-20-14(19)9-2-1-3-11(17)6-9/h1-6,17H,8H2,(H,16,18). The second-order valence-corrected chi connectivity index (χ2v) is 4.87. The molecule has 0 aliphatic rings. The van der Waals surface area contributed by atoms with E-state index in [2.05, 4.69) is 5.32 Å². The summed E-state index contributed by atoms with van der Waals surface area (Å²) in [7, 11) is 0. The van der Waals surface area contributed by atoms with Gasteiger partial charge in [0.2, 0.25) is 0 Å². The maximum Gasteiger partial charge on any atom is 0.338 e. The van der Waals surface area contributed by atoms with Crippen LogP contribution >= 0.6 is 11.3 Å². The van der Waals surface area contributed by atoms with Gasteiger partial charge >= 0.3 is 5.97 Å². The highest BCUT2D eigenvalue weighted by Crippen LogP contribution is 2.21. The van der Waals surface area contributed by atoms with Crippen LogP contribution in [0.4, 0.5) is 5.00 Å². The van der Waals surface area contributed by atoms with E-state index in [0.29, 0.717) is 10.6 Å². The summed E-state index contributed by atoms with van der Waals surface area (Å²) < 4.78 is 4.83. The van der Waals surface area contributed by atoms with Gasteiger partial charge in [0.25, 0.3) is 5.91 Å². The van der Waals surface area contributed by atoms with Crippen LogP contribution in [-0.4, -0.2) is 23.6 Å². The van der Waals surface area contributed by atoms with Crippen LogP contribution in [0.1, 0.15) is 15.9 Å². The summed E-state index contributed by atoms with van der Waals surface area (Å²) in [6.07, 6.45) is 0. The van der Waals surface area contributed by atoms with E-state index in [0.717, 1.165) is 0 Å². The molecule has 0 fully saturated rings. The van der Waals surface area contributed by atoms with Gasteiger partial charge in [0.1, 0.15) is 16.8 Å². The van der Waals surface area contributed by atoms with E-state index in [1.807, 2.05) is 6.07 Å². The fraction of sp³-hybridized carbons (Fsp3) is 0.0714. The first-order valence-electron chi connectivity index (χ1n) is 5.84. The molecule has 1 amide bonds. The molecule has 1 aromatic heterocycles. The number of rotatable bonds is 4. The summed E-state index contributed by atoms with van der Waals surface area (Å²) in [5.74, 6) is -1.32. The number of phenolic OH excluding ortho intramolecular Hbond substituents is 1. The molecule has 0 aliphatic heterocycles. The van der Waals surface area contributed by atoms with Gasteiger partial charge in [-0.1, -0.05) is 6.07 Å². The number of benzene rings is 1. The largest absolute Gasteiger partial charge is 0.508 e. The Morgan fingerprint density at radius 2 is 2.19 bits per heavy atom. The number of carbonyl (C=O) groups is 2. The first kappa shape index (κ1) is 14.6. The Kier molecular flexibility index (Phi) is 4.53. The molecule has 0 atom stereocenters. The molecule has 7 heteroatoms. The minimum absolute atomic E-state index is 0.0638. The summed E-state index contributed by atoms with van der Waals surface area (Å²) in [4.78, 5) is 23.3. The molecule has 21 heavy (non-hydrogen) atoms. The van der Waals surface area contributed by atoms with Crippen molar-refractivity contribution in [3.8, 4) is 11.8 Å². The van der Waals surface area contributed by atoms with Crippen molar-refractivity contribution in [2.45, 2.75) is 0 Å². The number of nitrogens with zero attached hydrogens (tertiary/aromatic N) is 1. The Morgan fingerprint density at radius 1 is 1.38 bits per heavy atom. The highest BCUT2D eigenvalue weighted by molar-refractivity contribution is 7.14. The van der Waals surface area contributed by atoms with E-state index in [1.165, 1.54) is 35.6 Å². The summed E-state index contributed by atoms with van der Waals surface area (Å²) in [5, 5.41) is 22.6. The minimum atomic E-state index is -0.715. The first-order chi connectivity index (χ1) is 10.1. The van der Waals surface area contributed by atoms with Crippen LogP contribution in [0.3, 0.4) is 0 Å². The lowest BCUT2D eigenvalue weighted by Crippen LogP contribution is -2.20. The second-order valence-electron chi connectivity index (χ2n) is 3.95. The Balaban J connectivity index is 1.90. The van der Waals surface area contributed by atoms with Crippen molar-refractivity contribution in [2.24, 2.45) is 0 Å². The van der Waals surface area contributed by atoms with Crippen LogP contribution in [0.25, 0.3) is 0 Å². The number of ether oxygens (including phenoxy) is 1. The highest BCUT2D eigenvalue weighted by Gasteiger charge is 2.12. The zero-order valence-corrected chi connectivity index (χ0v) is 11.5. The molecule has 0 bridgehead atoms. The van der Waals surface area contributed by atoms with E-state index in [1.54, 1.807) is 11.4 Å². The number of thiophene rings is 1. The number of anilines is 1. The van der Waals surface area contributed by atoms with E-state index >= 15 is 0 Å². The van der Waals surface area contributed by atoms with Gasteiger partial charge in [-0.2, -0.15) is 5.26 Å². The quantitative estimate of drug-likeness (QED) is 0.843. The number of hydrogen-bond acceptors (Lipinski definition) is 6. The predicted octanol–water partition coefficient (Wildman–Crippen LogP) is 2.12. The van der Waals surface area contributed by atoms with Gasteiger partial charge in [-0.25, -0.2) is 4.79 Å². The molecule has 0 aliphatic carbocycles. The number of esters is 1. The molecule has 6 nitrogen and oxygen atoms in total. The lowest BCUT2D eigenvalue weighted by molar-refractivity contribution is -0.119. The smallest absolute Gasteiger partial charge is 0.338 e. The average Bonchev–Trinajstić information content (AvgIpc) is 2.92. The van der Waals surface area contributed by atoms with Gasteiger partial charge in [-0.15, -0.1) is 11.3 Å². The Morgan fingerprint density at radius 3 is 2.90 bits per heavy atom. The van der Waals surface area contributed by atoms with Crippen LogP contribution in [-0.2, 0) is 9.53 Å². The van der Waals surface area contributed by atoms with Gasteiger partial charge in [0, 0.05) is 0 Å². The van der Waals surface area contributed by atoms with Gasteiger partial charge in [-0.05, 0) is 29.6 Å². The molecule has 0 saturated carbocycles. The number of carbonyl (C=O) groups excluding carboxylic acids is 2. The Hall–Kier alpha value is -2.85. The van der Waals surface area contributed by atoms with E-state index in [9.17, 15) is 14.7 Å². The van der Waals surface area contributed by atoms with Crippen molar-refractivity contribution < 1.29 is 19.4 Å². The van der Waals surface area contributed by atoms with Crippen LogP contribution < -0.4 is 5.32 Å². The fourth-order valence-electron chi connectivity index (χ4n) is 1.50. The third-order valence-corrected chi connectivity index (χ3v) is 3.28. The maximum atomic E-state index is 11.7. The normalized spacial score (nSPS) is 9.67.